The van der Waals surface area contributed by atoms with Gasteiger partial charge in [0.25, 0.3) is 0 Å². The van der Waals surface area contributed by atoms with Gasteiger partial charge in [-0.25, -0.2) is 0 Å². The fourth-order valence-electron chi connectivity index (χ4n) is 5.01. The SMILES string of the molecule is COc1ccc(OC)c(C2C3=C(CC(C)(C)CC3=O)Oc3ccc4ccccc4c32)c1. The topological polar surface area (TPSA) is 44.8 Å². The van der Waals surface area contributed by atoms with E-state index in [2.05, 4.69) is 32.0 Å². The molecule has 1 aliphatic carbocycles. The number of hydrogen-bond donors (Lipinski definition) is 0. The Kier molecular flexibility index (Phi) is 4.54. The number of fused-ring (bicyclic) bond motifs is 3. The maximum Gasteiger partial charge on any atom is 0.163 e. The molecular weight excluding hydrogens is 388 g/mol. The third-order valence-electron chi connectivity index (χ3n) is 6.37. The van der Waals surface area contributed by atoms with E-state index in [0.29, 0.717) is 6.42 Å². The number of rotatable bonds is 3. The molecule has 4 heteroatoms. The van der Waals surface area contributed by atoms with Gasteiger partial charge in [-0.1, -0.05) is 44.2 Å². The number of ketones is 1. The van der Waals surface area contributed by atoms with Crippen molar-refractivity contribution in [1.29, 1.82) is 0 Å². The van der Waals surface area contributed by atoms with Crippen LogP contribution in [0.2, 0.25) is 0 Å². The molecule has 1 atom stereocenters. The third-order valence-corrected chi connectivity index (χ3v) is 6.37. The van der Waals surface area contributed by atoms with E-state index in [0.717, 1.165) is 56.9 Å². The van der Waals surface area contributed by atoms with E-state index in [1.807, 2.05) is 36.4 Å². The van der Waals surface area contributed by atoms with E-state index >= 15 is 0 Å². The van der Waals surface area contributed by atoms with Gasteiger partial charge in [-0.3, -0.25) is 4.79 Å². The molecule has 0 spiro atoms. The van der Waals surface area contributed by atoms with Crippen LogP contribution in [0.25, 0.3) is 10.8 Å². The lowest BCUT2D eigenvalue weighted by molar-refractivity contribution is -0.118. The Morgan fingerprint density at radius 2 is 1.77 bits per heavy atom. The zero-order valence-corrected chi connectivity index (χ0v) is 18.3. The molecule has 0 fully saturated rings. The average Bonchev–Trinajstić information content (AvgIpc) is 2.76. The summed E-state index contributed by atoms with van der Waals surface area (Å²) in [5, 5.41) is 2.20. The van der Waals surface area contributed by atoms with Gasteiger partial charge in [0, 0.05) is 35.5 Å². The lowest BCUT2D eigenvalue weighted by atomic mass is 9.69. The van der Waals surface area contributed by atoms with E-state index in [1.165, 1.54) is 0 Å². The molecule has 0 saturated carbocycles. The zero-order chi connectivity index (χ0) is 21.8. The number of benzene rings is 3. The highest BCUT2D eigenvalue weighted by atomic mass is 16.5. The summed E-state index contributed by atoms with van der Waals surface area (Å²) in [5.74, 6) is 2.90. The monoisotopic (exact) mass is 414 g/mol. The minimum absolute atomic E-state index is 0.132. The molecule has 4 nitrogen and oxygen atoms in total. The number of carbonyl (C=O) groups excluding carboxylic acids is 1. The first-order valence-corrected chi connectivity index (χ1v) is 10.6. The van der Waals surface area contributed by atoms with E-state index in [4.69, 9.17) is 14.2 Å². The van der Waals surface area contributed by atoms with Crippen LogP contribution in [0.15, 0.2) is 65.9 Å². The number of allylic oxidation sites excluding steroid dienone is 2. The lowest BCUT2D eigenvalue weighted by Crippen LogP contribution is -2.33. The summed E-state index contributed by atoms with van der Waals surface area (Å²) >= 11 is 0. The van der Waals surface area contributed by atoms with Gasteiger partial charge < -0.3 is 14.2 Å². The van der Waals surface area contributed by atoms with Crippen molar-refractivity contribution in [3.05, 3.63) is 77.1 Å². The van der Waals surface area contributed by atoms with Crippen LogP contribution < -0.4 is 14.2 Å². The molecule has 158 valence electrons. The standard InChI is InChI=1S/C27H26O4/c1-27(2)14-20(28)26-23(15-27)31-22-11-9-16-7-5-6-8-18(16)24(22)25(26)19-13-17(29-3)10-12-21(19)30-4/h5-13,25H,14-15H2,1-4H3. The Morgan fingerprint density at radius 3 is 2.55 bits per heavy atom. The fraction of sp³-hybridized carbons (Fsp3) is 0.296. The molecule has 0 aromatic heterocycles. The van der Waals surface area contributed by atoms with Gasteiger partial charge in [-0.05, 0) is 40.5 Å². The van der Waals surface area contributed by atoms with Crippen molar-refractivity contribution in [3.8, 4) is 17.2 Å². The smallest absolute Gasteiger partial charge is 0.163 e. The summed E-state index contributed by atoms with van der Waals surface area (Å²) in [5.41, 5.74) is 2.54. The Bertz CT molecular complexity index is 1240. The minimum atomic E-state index is -0.279. The van der Waals surface area contributed by atoms with Gasteiger partial charge in [0.15, 0.2) is 5.78 Å². The van der Waals surface area contributed by atoms with Crippen LogP contribution in [0, 0.1) is 5.41 Å². The first-order valence-electron chi connectivity index (χ1n) is 10.6. The maximum atomic E-state index is 13.5. The summed E-state index contributed by atoms with van der Waals surface area (Å²) in [6, 6.07) is 18.1. The van der Waals surface area contributed by atoms with Crippen molar-refractivity contribution in [3.63, 3.8) is 0 Å². The van der Waals surface area contributed by atoms with Crippen LogP contribution in [0.1, 0.15) is 43.7 Å². The first kappa shape index (κ1) is 19.7. The highest BCUT2D eigenvalue weighted by Gasteiger charge is 2.43. The first-order chi connectivity index (χ1) is 14.9. The average molecular weight is 415 g/mol. The van der Waals surface area contributed by atoms with Crippen LogP contribution in [-0.2, 0) is 4.79 Å². The predicted octanol–water partition coefficient (Wildman–Crippen LogP) is 6.02. The van der Waals surface area contributed by atoms with Gasteiger partial charge in [0.05, 0.1) is 14.2 Å². The van der Waals surface area contributed by atoms with Crippen molar-refractivity contribution in [2.24, 2.45) is 5.41 Å². The lowest BCUT2D eigenvalue weighted by Gasteiger charge is -2.39. The predicted molar refractivity (Wildman–Crippen MR) is 121 cm³/mol. The largest absolute Gasteiger partial charge is 0.497 e. The van der Waals surface area contributed by atoms with Crippen molar-refractivity contribution in [1.82, 2.24) is 0 Å². The van der Waals surface area contributed by atoms with Gasteiger partial charge in [-0.2, -0.15) is 0 Å². The van der Waals surface area contributed by atoms with E-state index in [1.54, 1.807) is 14.2 Å². The number of Topliss-reactive ketones (excluding diaryl/α,β-unsaturated/α-hetero) is 1. The Hall–Kier alpha value is -3.27. The van der Waals surface area contributed by atoms with Crippen molar-refractivity contribution in [2.75, 3.05) is 14.2 Å². The second-order valence-corrected chi connectivity index (χ2v) is 9.12. The van der Waals surface area contributed by atoms with E-state index < -0.39 is 0 Å². The molecule has 0 radical (unpaired) electrons. The summed E-state index contributed by atoms with van der Waals surface area (Å²) in [4.78, 5) is 13.5. The molecule has 1 aliphatic heterocycles. The second kappa shape index (κ2) is 7.16. The summed E-state index contributed by atoms with van der Waals surface area (Å²) in [6.45, 7) is 4.24. The van der Waals surface area contributed by atoms with Gasteiger partial charge >= 0.3 is 0 Å². The van der Waals surface area contributed by atoms with Crippen molar-refractivity contribution < 1.29 is 19.0 Å². The molecule has 0 amide bonds. The molecule has 1 heterocycles. The van der Waals surface area contributed by atoms with Crippen molar-refractivity contribution in [2.45, 2.75) is 32.6 Å². The second-order valence-electron chi connectivity index (χ2n) is 9.12. The molecule has 0 saturated heterocycles. The number of methoxy groups -OCH3 is 2. The highest BCUT2D eigenvalue weighted by Crippen LogP contribution is 2.53. The Balaban J connectivity index is 1.85. The molecule has 3 aromatic rings. The normalized spacial score (nSPS) is 19.5. The quantitative estimate of drug-likeness (QED) is 0.525. The fourth-order valence-corrected chi connectivity index (χ4v) is 5.01. The molecule has 0 N–H and O–H groups in total. The van der Waals surface area contributed by atoms with Crippen LogP contribution in [0.4, 0.5) is 0 Å². The Labute approximate surface area is 182 Å². The molecule has 5 rings (SSSR count). The molecule has 0 bridgehead atoms. The third kappa shape index (κ3) is 3.18. The summed E-state index contributed by atoms with van der Waals surface area (Å²) in [6.07, 6.45) is 1.22. The van der Waals surface area contributed by atoms with Gasteiger partial charge in [0.2, 0.25) is 0 Å². The van der Waals surface area contributed by atoms with Crippen LogP contribution in [-0.4, -0.2) is 20.0 Å². The molecule has 3 aromatic carbocycles. The van der Waals surface area contributed by atoms with Crippen LogP contribution in [0.5, 0.6) is 17.2 Å². The maximum absolute atomic E-state index is 13.5. The zero-order valence-electron chi connectivity index (χ0n) is 18.3. The molecule has 2 aliphatic rings. The Morgan fingerprint density at radius 1 is 0.968 bits per heavy atom. The van der Waals surface area contributed by atoms with Crippen molar-refractivity contribution >= 4 is 16.6 Å². The van der Waals surface area contributed by atoms with Crippen LogP contribution >= 0.6 is 0 Å². The molecule has 31 heavy (non-hydrogen) atoms. The number of ether oxygens (including phenoxy) is 3. The van der Waals surface area contributed by atoms with Crippen LogP contribution in [0.3, 0.4) is 0 Å². The molecular formula is C27H26O4. The highest BCUT2D eigenvalue weighted by molar-refractivity contribution is 6.02. The minimum Gasteiger partial charge on any atom is -0.497 e. The van der Waals surface area contributed by atoms with Gasteiger partial charge in [0.1, 0.15) is 23.0 Å². The number of hydrogen-bond acceptors (Lipinski definition) is 4. The van der Waals surface area contributed by atoms with Gasteiger partial charge in [-0.15, -0.1) is 0 Å². The van der Waals surface area contributed by atoms with E-state index in [-0.39, 0.29) is 17.1 Å². The van der Waals surface area contributed by atoms with E-state index in [9.17, 15) is 4.79 Å². The number of carbonyl (C=O) groups is 1. The summed E-state index contributed by atoms with van der Waals surface area (Å²) in [7, 11) is 3.31. The molecule has 1 unspecified atom stereocenters. The summed E-state index contributed by atoms with van der Waals surface area (Å²) < 4.78 is 17.7.